The first-order chi connectivity index (χ1) is 11.3. The van der Waals surface area contributed by atoms with E-state index in [4.69, 9.17) is 4.98 Å². The average molecular weight is 332 g/mol. The maximum Gasteiger partial charge on any atom is 0.191 e. The second-order valence-electron chi connectivity index (χ2n) is 5.65. The van der Waals surface area contributed by atoms with Crippen molar-refractivity contribution in [3.63, 3.8) is 0 Å². The molecule has 2 aromatic rings. The van der Waals surface area contributed by atoms with Gasteiger partial charge in [0.2, 0.25) is 0 Å². The number of aliphatic imine (C=N–C) groups is 1. The molecule has 0 saturated heterocycles. The Hall–Kier alpha value is -1.89. The Morgan fingerprint density at radius 2 is 2.22 bits per heavy atom. The number of hydrogen-bond donors (Lipinski definition) is 2. The number of rotatable bonds is 5. The SMILES string of the molecule is CCc1cnc(CNC(=NC)NCc2cn3c(n2)CCCC3)s1. The summed E-state index contributed by atoms with van der Waals surface area (Å²) < 4.78 is 2.28. The van der Waals surface area contributed by atoms with Crippen LogP contribution in [-0.4, -0.2) is 27.5 Å². The third kappa shape index (κ3) is 4.10. The second kappa shape index (κ2) is 7.59. The molecule has 2 aromatic heterocycles. The number of imidazole rings is 1. The van der Waals surface area contributed by atoms with Crippen LogP contribution in [0.25, 0.3) is 0 Å². The van der Waals surface area contributed by atoms with Crippen molar-refractivity contribution < 1.29 is 0 Å². The molecular formula is C16H24N6S. The van der Waals surface area contributed by atoms with E-state index in [1.807, 2.05) is 6.20 Å². The van der Waals surface area contributed by atoms with E-state index < -0.39 is 0 Å². The molecule has 1 aliphatic heterocycles. The summed E-state index contributed by atoms with van der Waals surface area (Å²) in [5.74, 6) is 2.00. The van der Waals surface area contributed by atoms with Gasteiger partial charge >= 0.3 is 0 Å². The number of aryl methyl sites for hydroxylation is 3. The fourth-order valence-electron chi connectivity index (χ4n) is 2.70. The Bertz CT molecular complexity index is 648. The zero-order valence-electron chi connectivity index (χ0n) is 13.8. The van der Waals surface area contributed by atoms with Crippen LogP contribution in [0.1, 0.15) is 41.2 Å². The molecule has 0 atom stereocenters. The molecule has 124 valence electrons. The summed E-state index contributed by atoms with van der Waals surface area (Å²) >= 11 is 1.75. The monoisotopic (exact) mass is 332 g/mol. The van der Waals surface area contributed by atoms with Gasteiger partial charge in [0.25, 0.3) is 0 Å². The van der Waals surface area contributed by atoms with Crippen LogP contribution < -0.4 is 10.6 Å². The number of fused-ring (bicyclic) bond motifs is 1. The third-order valence-corrected chi connectivity index (χ3v) is 5.12. The molecule has 0 radical (unpaired) electrons. The molecule has 0 fully saturated rings. The number of nitrogens with one attached hydrogen (secondary N) is 2. The average Bonchev–Trinajstić information content (AvgIpc) is 3.21. The minimum absolute atomic E-state index is 0.692. The van der Waals surface area contributed by atoms with Crippen LogP contribution in [0.5, 0.6) is 0 Å². The van der Waals surface area contributed by atoms with Crippen molar-refractivity contribution in [3.05, 3.63) is 33.8 Å². The van der Waals surface area contributed by atoms with E-state index in [0.717, 1.165) is 36.0 Å². The molecule has 0 unspecified atom stereocenters. The van der Waals surface area contributed by atoms with E-state index in [2.05, 4.69) is 38.3 Å². The molecule has 0 aliphatic carbocycles. The molecule has 0 saturated carbocycles. The molecule has 0 amide bonds. The first kappa shape index (κ1) is 16.0. The molecule has 23 heavy (non-hydrogen) atoms. The highest BCUT2D eigenvalue weighted by atomic mass is 32.1. The van der Waals surface area contributed by atoms with Crippen molar-refractivity contribution in [3.8, 4) is 0 Å². The van der Waals surface area contributed by atoms with Gasteiger partial charge in [0.05, 0.1) is 18.8 Å². The van der Waals surface area contributed by atoms with Gasteiger partial charge in [-0.1, -0.05) is 6.92 Å². The Kier molecular flexibility index (Phi) is 5.27. The molecule has 6 nitrogen and oxygen atoms in total. The Labute approximate surface area is 141 Å². The lowest BCUT2D eigenvalue weighted by Crippen LogP contribution is -2.36. The summed E-state index contributed by atoms with van der Waals surface area (Å²) in [7, 11) is 1.78. The number of nitrogens with zero attached hydrogens (tertiary/aromatic N) is 4. The molecular weight excluding hydrogens is 308 g/mol. The molecule has 0 aromatic carbocycles. The predicted molar refractivity (Wildman–Crippen MR) is 93.7 cm³/mol. The van der Waals surface area contributed by atoms with Gasteiger partial charge in [0.1, 0.15) is 10.8 Å². The number of thiazole rings is 1. The maximum atomic E-state index is 4.70. The van der Waals surface area contributed by atoms with E-state index in [-0.39, 0.29) is 0 Å². The fourth-order valence-corrected chi connectivity index (χ4v) is 3.51. The normalized spacial score (nSPS) is 14.6. The molecule has 0 spiro atoms. The summed E-state index contributed by atoms with van der Waals surface area (Å²) in [6.07, 6.45) is 8.75. The van der Waals surface area contributed by atoms with Crippen LogP contribution in [0.3, 0.4) is 0 Å². The highest BCUT2D eigenvalue weighted by Crippen LogP contribution is 2.14. The molecule has 1 aliphatic rings. The van der Waals surface area contributed by atoms with Crippen molar-refractivity contribution in [2.45, 2.75) is 52.2 Å². The Balaban J connectivity index is 1.50. The van der Waals surface area contributed by atoms with E-state index in [0.29, 0.717) is 13.1 Å². The predicted octanol–water partition coefficient (Wildman–Crippen LogP) is 2.10. The molecule has 3 rings (SSSR count). The van der Waals surface area contributed by atoms with Gasteiger partial charge in [0, 0.05) is 37.3 Å². The van der Waals surface area contributed by atoms with Gasteiger partial charge in [0.15, 0.2) is 5.96 Å². The van der Waals surface area contributed by atoms with Crippen molar-refractivity contribution in [2.24, 2.45) is 4.99 Å². The van der Waals surface area contributed by atoms with Gasteiger partial charge in [-0.15, -0.1) is 11.3 Å². The van der Waals surface area contributed by atoms with Crippen molar-refractivity contribution in [1.29, 1.82) is 0 Å². The first-order valence-electron chi connectivity index (χ1n) is 8.21. The lowest BCUT2D eigenvalue weighted by molar-refractivity contribution is 0.522. The van der Waals surface area contributed by atoms with Crippen LogP contribution in [0, 0.1) is 0 Å². The van der Waals surface area contributed by atoms with Crippen LogP contribution in [0.2, 0.25) is 0 Å². The van der Waals surface area contributed by atoms with E-state index >= 15 is 0 Å². The van der Waals surface area contributed by atoms with Crippen LogP contribution >= 0.6 is 11.3 Å². The molecule has 2 N–H and O–H groups in total. The summed E-state index contributed by atoms with van der Waals surface area (Å²) in [5, 5.41) is 7.72. The molecule has 7 heteroatoms. The standard InChI is InChI=1S/C16H24N6S/c1-3-13-9-18-15(23-13)10-20-16(17-2)19-8-12-11-22-7-5-4-6-14(22)21-12/h9,11H,3-8,10H2,1-2H3,(H2,17,19,20). The highest BCUT2D eigenvalue weighted by Gasteiger charge is 2.12. The van der Waals surface area contributed by atoms with Crippen LogP contribution in [0.15, 0.2) is 17.4 Å². The quantitative estimate of drug-likeness (QED) is 0.650. The third-order valence-electron chi connectivity index (χ3n) is 3.98. The topological polar surface area (TPSA) is 67.1 Å². The minimum Gasteiger partial charge on any atom is -0.351 e. The van der Waals surface area contributed by atoms with Gasteiger partial charge < -0.3 is 15.2 Å². The van der Waals surface area contributed by atoms with Gasteiger partial charge in [-0.25, -0.2) is 9.97 Å². The summed E-state index contributed by atoms with van der Waals surface area (Å²) in [6, 6.07) is 0. The van der Waals surface area contributed by atoms with Crippen LogP contribution in [0.4, 0.5) is 0 Å². The number of hydrogen-bond acceptors (Lipinski definition) is 4. The first-order valence-corrected chi connectivity index (χ1v) is 9.03. The van der Waals surface area contributed by atoms with Crippen LogP contribution in [-0.2, 0) is 32.5 Å². The smallest absolute Gasteiger partial charge is 0.191 e. The Morgan fingerprint density at radius 3 is 2.96 bits per heavy atom. The maximum absolute atomic E-state index is 4.70. The number of aromatic nitrogens is 3. The van der Waals surface area contributed by atoms with E-state index in [9.17, 15) is 0 Å². The Morgan fingerprint density at radius 1 is 1.35 bits per heavy atom. The largest absolute Gasteiger partial charge is 0.351 e. The lowest BCUT2D eigenvalue weighted by Gasteiger charge is -2.11. The molecule has 0 bridgehead atoms. The zero-order chi connectivity index (χ0) is 16.1. The second-order valence-corrected chi connectivity index (χ2v) is 6.85. The number of guanidine groups is 1. The summed E-state index contributed by atoms with van der Waals surface area (Å²) in [6.45, 7) is 4.64. The van der Waals surface area contributed by atoms with Crippen molar-refractivity contribution in [1.82, 2.24) is 25.2 Å². The van der Waals surface area contributed by atoms with Gasteiger partial charge in [-0.2, -0.15) is 0 Å². The van der Waals surface area contributed by atoms with Crippen molar-refractivity contribution >= 4 is 17.3 Å². The fraction of sp³-hybridized carbons (Fsp3) is 0.562. The van der Waals surface area contributed by atoms with E-state index in [1.54, 1.807) is 18.4 Å². The zero-order valence-corrected chi connectivity index (χ0v) is 14.6. The minimum atomic E-state index is 0.692. The highest BCUT2D eigenvalue weighted by molar-refractivity contribution is 7.11. The summed E-state index contributed by atoms with van der Waals surface area (Å²) in [4.78, 5) is 14.7. The van der Waals surface area contributed by atoms with Crippen molar-refractivity contribution in [2.75, 3.05) is 7.05 Å². The van der Waals surface area contributed by atoms with Gasteiger partial charge in [-0.05, 0) is 19.3 Å². The van der Waals surface area contributed by atoms with Gasteiger partial charge in [-0.3, -0.25) is 4.99 Å². The van der Waals surface area contributed by atoms with E-state index in [1.165, 1.54) is 23.5 Å². The molecule has 3 heterocycles. The summed E-state index contributed by atoms with van der Waals surface area (Å²) in [5.41, 5.74) is 1.08. The lowest BCUT2D eigenvalue weighted by atomic mass is 10.2.